The Morgan fingerprint density at radius 1 is 0.897 bits per heavy atom. The summed E-state index contributed by atoms with van der Waals surface area (Å²) < 4.78 is 4.80. The first kappa shape index (κ1) is 50.8. The second kappa shape index (κ2) is 21.2. The lowest BCUT2D eigenvalue weighted by molar-refractivity contribution is -0.137. The van der Waals surface area contributed by atoms with Crippen LogP contribution in [0, 0.1) is 35.0 Å². The highest BCUT2D eigenvalue weighted by atomic mass is 32.1. The maximum absolute atomic E-state index is 13.7. The molecule has 16 heteroatoms. The first-order chi connectivity index (χ1) is 25.5. The number of nitrogens with zero attached hydrogens (tertiary/aromatic N) is 4. The molecule has 1 spiro atoms. The molecular weight excluding hydrogens is 827 g/mol. The van der Waals surface area contributed by atoms with Gasteiger partial charge in [0.05, 0.1) is 42.1 Å². The number of ether oxygens (including phenoxy) is 1. The van der Waals surface area contributed by atoms with Gasteiger partial charge in [-0.25, -0.2) is 14.8 Å². The number of H-pyrrole nitrogens is 2. The minimum Gasteiger partial charge on any atom is -0.453 e. The zero-order valence-corrected chi connectivity index (χ0v) is 39.2. The van der Waals surface area contributed by atoms with Crippen LogP contribution in [0.15, 0.2) is 48.7 Å². The third kappa shape index (κ3) is 10.7. The topological polar surface area (TPSA) is 136 Å². The van der Waals surface area contributed by atoms with Crippen LogP contribution in [0.25, 0.3) is 22.3 Å². The number of hydrogen-bond donors (Lipinski definition) is 3. The molecule has 3 fully saturated rings. The summed E-state index contributed by atoms with van der Waals surface area (Å²) in [7, 11) is 1.30. The number of carbonyl (C=O) groups excluding carboxylic acids is 3. The first-order valence-electron chi connectivity index (χ1n) is 19.1. The van der Waals surface area contributed by atoms with Gasteiger partial charge in [-0.2, -0.15) is 67.5 Å². The molecule has 318 valence electrons. The number of rotatable bonds is 9. The van der Waals surface area contributed by atoms with Crippen LogP contribution in [0.1, 0.15) is 108 Å². The molecule has 1 saturated carbocycles. The first-order valence-corrected chi connectivity index (χ1v) is 19.1. The van der Waals surface area contributed by atoms with E-state index in [9.17, 15) is 14.4 Å². The maximum atomic E-state index is 13.7. The summed E-state index contributed by atoms with van der Waals surface area (Å²) in [6.07, 6.45) is 6.94. The number of aromatic nitrogens is 4. The number of likely N-dealkylation sites (tertiary alicyclic amines) is 2. The maximum Gasteiger partial charge on any atom is 0.407 e. The highest BCUT2D eigenvalue weighted by Crippen LogP contribution is 2.58. The molecule has 4 aromatic rings. The van der Waals surface area contributed by atoms with Crippen molar-refractivity contribution in [2.75, 3.05) is 20.2 Å². The van der Waals surface area contributed by atoms with Crippen molar-refractivity contribution in [3.8, 4) is 23.1 Å². The summed E-state index contributed by atoms with van der Waals surface area (Å²) >= 11 is 0. The molecular formula is C42H61N7O4S5. The molecule has 0 unspecified atom stereocenters. The zero-order chi connectivity index (χ0) is 37.4. The normalized spacial score (nSPS) is 18.9. The number of methoxy groups -OCH3 is 1. The predicted octanol–water partition coefficient (Wildman–Crippen LogP) is 7.70. The summed E-state index contributed by atoms with van der Waals surface area (Å²) in [5.41, 5.74) is 5.67. The number of amides is 3. The third-order valence-electron chi connectivity index (χ3n) is 11.9. The number of imidazole rings is 2. The lowest BCUT2D eigenvalue weighted by Crippen LogP contribution is -2.51. The summed E-state index contributed by atoms with van der Waals surface area (Å²) in [6.45, 7) is 11.7. The minimum absolute atomic E-state index is 0. The van der Waals surface area contributed by atoms with E-state index in [1.165, 1.54) is 20.0 Å². The van der Waals surface area contributed by atoms with Gasteiger partial charge in [0.15, 0.2) is 0 Å². The Bertz CT molecular complexity index is 2070. The van der Waals surface area contributed by atoms with Gasteiger partial charge in [-0.3, -0.25) is 9.59 Å². The molecule has 11 nitrogen and oxygen atoms in total. The van der Waals surface area contributed by atoms with Crippen LogP contribution >= 0.6 is 67.5 Å². The SMILES string of the molecule is CC[C@H](C)[C@H](NC(=O)OC)C(=O)N1CCC[C@H]1c1ncc(-c2ccc(C#Cc3ccc4nc([C@@H]5CC6(CC6)CN5C(=O)[C@@H](C)C(C)C)[nH]c4c3)cc2)[nH]1.S.S.S.S.S. The quantitative estimate of drug-likeness (QED) is 0.148. The van der Waals surface area contributed by atoms with E-state index >= 15 is 0 Å². The molecule has 2 aliphatic heterocycles. The van der Waals surface area contributed by atoms with Crippen LogP contribution in [-0.4, -0.2) is 73.9 Å². The molecule has 5 atom stereocenters. The highest BCUT2D eigenvalue weighted by Gasteiger charge is 2.54. The van der Waals surface area contributed by atoms with Crippen LogP contribution in [0.3, 0.4) is 0 Å². The van der Waals surface area contributed by atoms with Crippen molar-refractivity contribution >= 4 is 96.4 Å². The Kier molecular flexibility index (Phi) is 18.6. The largest absolute Gasteiger partial charge is 0.453 e. The van der Waals surface area contributed by atoms with Crippen LogP contribution in [0.2, 0.25) is 0 Å². The number of fused-ring (bicyclic) bond motifs is 1. The van der Waals surface area contributed by atoms with Crippen molar-refractivity contribution in [3.63, 3.8) is 0 Å². The van der Waals surface area contributed by atoms with E-state index in [1.54, 1.807) is 6.20 Å². The molecule has 2 aromatic heterocycles. The van der Waals surface area contributed by atoms with E-state index < -0.39 is 12.1 Å². The Morgan fingerprint density at radius 2 is 1.57 bits per heavy atom. The smallest absolute Gasteiger partial charge is 0.407 e. The van der Waals surface area contributed by atoms with Crippen molar-refractivity contribution < 1.29 is 19.1 Å². The average molecular weight is 888 g/mol. The predicted molar refractivity (Wildman–Crippen MR) is 255 cm³/mol. The monoisotopic (exact) mass is 887 g/mol. The molecule has 2 aromatic carbocycles. The fourth-order valence-corrected chi connectivity index (χ4v) is 7.78. The van der Waals surface area contributed by atoms with Gasteiger partial charge in [-0.15, -0.1) is 0 Å². The molecule has 1 aliphatic carbocycles. The van der Waals surface area contributed by atoms with E-state index in [0.29, 0.717) is 12.5 Å². The third-order valence-corrected chi connectivity index (χ3v) is 11.9. The molecule has 2 saturated heterocycles. The van der Waals surface area contributed by atoms with Crippen LogP contribution < -0.4 is 5.32 Å². The van der Waals surface area contributed by atoms with Crippen molar-refractivity contribution in [2.24, 2.45) is 23.2 Å². The fourth-order valence-electron chi connectivity index (χ4n) is 7.78. The number of benzene rings is 2. The molecule has 4 heterocycles. The second-order valence-electron chi connectivity index (χ2n) is 15.8. The van der Waals surface area contributed by atoms with Crippen molar-refractivity contribution in [3.05, 3.63) is 71.4 Å². The van der Waals surface area contributed by atoms with Crippen molar-refractivity contribution in [1.82, 2.24) is 35.1 Å². The average Bonchev–Trinajstić information content (AvgIpc) is 3.66. The molecule has 3 N–H and O–H groups in total. The van der Waals surface area contributed by atoms with Gasteiger partial charge in [0, 0.05) is 30.1 Å². The van der Waals surface area contributed by atoms with Gasteiger partial charge in [-0.05, 0) is 85.3 Å². The number of alkyl carbamates (subject to hydrolysis) is 1. The Balaban J connectivity index is 0.00000232. The van der Waals surface area contributed by atoms with E-state index in [1.807, 2.05) is 68.1 Å². The Hall–Kier alpha value is -3.36. The van der Waals surface area contributed by atoms with Gasteiger partial charge in [0.25, 0.3) is 0 Å². The molecule has 0 radical (unpaired) electrons. The summed E-state index contributed by atoms with van der Waals surface area (Å²) in [5, 5.41) is 2.75. The van der Waals surface area contributed by atoms with E-state index in [4.69, 9.17) is 9.72 Å². The summed E-state index contributed by atoms with van der Waals surface area (Å²) in [6, 6.07) is 13.2. The number of hydrogen-bond acceptors (Lipinski definition) is 6. The van der Waals surface area contributed by atoms with Crippen molar-refractivity contribution in [2.45, 2.75) is 91.3 Å². The van der Waals surface area contributed by atoms with Crippen LogP contribution in [0.5, 0.6) is 0 Å². The number of nitrogens with one attached hydrogen (secondary N) is 3. The standard InChI is InChI=1S/C42H51N7O4.5H2S/c1-7-26(4)36(47-41(52)53-6)40(51)48-20-8-9-34(48)37-43-23-33(46-37)30-15-12-28(13-16-30)10-11-29-14-17-31-32(21-29)45-38(44-31)35-22-42(18-19-42)24-49(35)39(50)27(5)25(2)3;;;;;/h12-17,21,23,25-27,34-36H,7-9,18-20,22,24H2,1-6H3,(H,43,46)(H,44,45)(H,47,52);5*1H2/t26-,27-,34-,35-,36-;;;;;/m0...../s1. The zero-order valence-electron chi connectivity index (χ0n) is 34.2. The van der Waals surface area contributed by atoms with Crippen LogP contribution in [-0.2, 0) is 14.3 Å². The van der Waals surface area contributed by atoms with E-state index in [0.717, 1.165) is 77.3 Å². The van der Waals surface area contributed by atoms with Gasteiger partial charge in [-0.1, -0.05) is 65.0 Å². The Morgan fingerprint density at radius 3 is 2.21 bits per heavy atom. The fraction of sp³-hybridized carbons (Fsp3) is 0.500. The number of aromatic amines is 2. The van der Waals surface area contributed by atoms with Crippen LogP contribution in [0.4, 0.5) is 4.79 Å². The summed E-state index contributed by atoms with van der Waals surface area (Å²) in [5.74, 6) is 8.55. The number of carbonyl (C=O) groups is 3. The van der Waals surface area contributed by atoms with Gasteiger partial charge < -0.3 is 29.8 Å². The van der Waals surface area contributed by atoms with E-state index in [-0.39, 0.29) is 109 Å². The lowest BCUT2D eigenvalue weighted by Gasteiger charge is -2.30. The molecule has 3 amide bonds. The van der Waals surface area contributed by atoms with Gasteiger partial charge in [0.2, 0.25) is 11.8 Å². The van der Waals surface area contributed by atoms with Gasteiger partial charge >= 0.3 is 6.09 Å². The van der Waals surface area contributed by atoms with Gasteiger partial charge in [0.1, 0.15) is 17.7 Å². The van der Waals surface area contributed by atoms with E-state index in [2.05, 4.69) is 50.9 Å². The molecule has 3 aliphatic rings. The molecule has 7 rings (SSSR count). The van der Waals surface area contributed by atoms with Crippen molar-refractivity contribution in [1.29, 1.82) is 0 Å². The highest BCUT2D eigenvalue weighted by molar-refractivity contribution is 7.60. The second-order valence-corrected chi connectivity index (χ2v) is 15.8. The molecule has 58 heavy (non-hydrogen) atoms. The lowest BCUT2D eigenvalue weighted by atomic mass is 9.96. The summed E-state index contributed by atoms with van der Waals surface area (Å²) in [4.78, 5) is 59.7. The Labute approximate surface area is 377 Å². The minimum atomic E-state index is -0.664. The molecule has 0 bridgehead atoms.